The molecule has 1 aromatic heterocycles. The minimum Gasteiger partial charge on any atom is -0.320 e. The van der Waals surface area contributed by atoms with Crippen LogP contribution in [0.15, 0.2) is 40.2 Å². The number of rotatable bonds is 3. The van der Waals surface area contributed by atoms with Crippen LogP contribution in [0.25, 0.3) is 0 Å². The summed E-state index contributed by atoms with van der Waals surface area (Å²) in [6.07, 6.45) is 0. The maximum atomic E-state index is 10.8. The highest BCUT2D eigenvalue weighted by molar-refractivity contribution is 9.10. The Bertz CT molecular complexity index is 548. The normalized spacial score (nSPS) is 11.7. The molecule has 18 heavy (non-hydrogen) atoms. The smallest absolute Gasteiger partial charge is 0.283 e. The van der Waals surface area contributed by atoms with Crippen molar-refractivity contribution in [2.45, 2.75) is 6.04 Å². The number of nitrogens with two attached hydrogens (primary N) is 1. The van der Waals surface area contributed by atoms with Gasteiger partial charge in [0.05, 0.1) is 15.4 Å². The van der Waals surface area contributed by atoms with Gasteiger partial charge in [0.2, 0.25) is 0 Å². The Hall–Kier alpha value is -0.950. The van der Waals surface area contributed by atoms with Crippen LogP contribution in [0.1, 0.15) is 16.5 Å². The summed E-state index contributed by atoms with van der Waals surface area (Å²) >= 11 is 4.69. The van der Waals surface area contributed by atoms with Gasteiger partial charge < -0.3 is 5.73 Å². The standard InChI is InChI=1S/C11H9BrN2O2S.ClH/c12-8-4-3-7(6-9(8)14(15)16)11(13)10-2-1-5-17-10;/h1-6,11H,13H2;1H/t11-;/m1./s1. The minimum absolute atomic E-state index is 0. The molecule has 96 valence electrons. The molecule has 4 nitrogen and oxygen atoms in total. The Kier molecular flexibility index (Phi) is 5.28. The SMILES string of the molecule is Cl.N[C@H](c1ccc(Br)c([N+](=O)[O-])c1)c1cccs1. The lowest BCUT2D eigenvalue weighted by atomic mass is 10.1. The Labute approximate surface area is 123 Å². The second-order valence-corrected chi connectivity index (χ2v) is 5.29. The van der Waals surface area contributed by atoms with Crippen LogP contribution in [0.4, 0.5) is 5.69 Å². The van der Waals surface area contributed by atoms with Crippen LogP contribution in [-0.4, -0.2) is 4.92 Å². The molecule has 0 radical (unpaired) electrons. The first-order valence-corrected chi connectivity index (χ1v) is 6.49. The van der Waals surface area contributed by atoms with Crippen molar-refractivity contribution in [1.82, 2.24) is 0 Å². The molecule has 0 spiro atoms. The van der Waals surface area contributed by atoms with Gasteiger partial charge in [-0.25, -0.2) is 0 Å². The first kappa shape index (κ1) is 15.1. The maximum absolute atomic E-state index is 10.8. The summed E-state index contributed by atoms with van der Waals surface area (Å²) in [5.74, 6) is 0. The number of thiophene rings is 1. The number of hydrogen-bond donors (Lipinski definition) is 1. The molecular weight excluding hydrogens is 340 g/mol. The topological polar surface area (TPSA) is 69.2 Å². The zero-order valence-corrected chi connectivity index (χ0v) is 12.3. The molecule has 2 N–H and O–H groups in total. The van der Waals surface area contributed by atoms with Crippen molar-refractivity contribution in [3.05, 3.63) is 60.7 Å². The number of halogens is 2. The third kappa shape index (κ3) is 3.08. The highest BCUT2D eigenvalue weighted by Gasteiger charge is 2.17. The number of hydrogen-bond acceptors (Lipinski definition) is 4. The molecule has 0 saturated heterocycles. The molecule has 2 aromatic rings. The van der Waals surface area contributed by atoms with Gasteiger partial charge in [0.1, 0.15) is 0 Å². The van der Waals surface area contributed by atoms with E-state index in [1.807, 2.05) is 17.5 Å². The van der Waals surface area contributed by atoms with Crippen molar-refractivity contribution in [3.63, 3.8) is 0 Å². The van der Waals surface area contributed by atoms with Crippen molar-refractivity contribution in [3.8, 4) is 0 Å². The monoisotopic (exact) mass is 348 g/mol. The van der Waals surface area contributed by atoms with Crippen molar-refractivity contribution < 1.29 is 4.92 Å². The minimum atomic E-state index is -0.422. The van der Waals surface area contributed by atoms with Gasteiger partial charge in [-0.2, -0.15) is 0 Å². The second-order valence-electron chi connectivity index (χ2n) is 3.46. The van der Waals surface area contributed by atoms with E-state index in [0.29, 0.717) is 4.47 Å². The van der Waals surface area contributed by atoms with Crippen LogP contribution in [0, 0.1) is 10.1 Å². The van der Waals surface area contributed by atoms with E-state index in [4.69, 9.17) is 5.73 Å². The van der Waals surface area contributed by atoms with E-state index in [0.717, 1.165) is 10.4 Å². The van der Waals surface area contributed by atoms with E-state index in [2.05, 4.69) is 15.9 Å². The van der Waals surface area contributed by atoms with Gasteiger partial charge in [-0.1, -0.05) is 12.1 Å². The average Bonchev–Trinajstić information content (AvgIpc) is 2.81. The Balaban J connectivity index is 0.00000162. The molecule has 0 aliphatic rings. The molecular formula is C11H10BrClN2O2S. The van der Waals surface area contributed by atoms with Crippen molar-refractivity contribution in [2.24, 2.45) is 5.73 Å². The van der Waals surface area contributed by atoms with E-state index >= 15 is 0 Å². The molecule has 2 rings (SSSR count). The molecule has 0 aliphatic carbocycles. The summed E-state index contributed by atoms with van der Waals surface area (Å²) in [4.78, 5) is 11.4. The summed E-state index contributed by atoms with van der Waals surface area (Å²) in [6.45, 7) is 0. The molecule has 0 amide bonds. The van der Waals surface area contributed by atoms with E-state index < -0.39 is 4.92 Å². The fourth-order valence-electron chi connectivity index (χ4n) is 1.50. The molecule has 1 aromatic carbocycles. The van der Waals surface area contributed by atoms with Crippen LogP contribution in [-0.2, 0) is 0 Å². The van der Waals surface area contributed by atoms with Crippen LogP contribution in [0.2, 0.25) is 0 Å². The molecule has 1 atom stereocenters. The summed E-state index contributed by atoms with van der Waals surface area (Å²) in [7, 11) is 0. The predicted octanol–water partition coefficient (Wildman–Crippen LogP) is 3.89. The van der Waals surface area contributed by atoms with Crippen molar-refractivity contribution in [2.75, 3.05) is 0 Å². The van der Waals surface area contributed by atoms with Gasteiger partial charge in [-0.05, 0) is 39.0 Å². The van der Waals surface area contributed by atoms with E-state index in [1.165, 1.54) is 17.4 Å². The fourth-order valence-corrected chi connectivity index (χ4v) is 2.64. The summed E-state index contributed by atoms with van der Waals surface area (Å²) < 4.78 is 0.463. The van der Waals surface area contributed by atoms with Gasteiger partial charge in [0.25, 0.3) is 5.69 Å². The third-order valence-corrected chi connectivity index (χ3v) is 4.00. The van der Waals surface area contributed by atoms with Crippen LogP contribution < -0.4 is 5.73 Å². The van der Waals surface area contributed by atoms with Gasteiger partial charge in [0, 0.05) is 10.9 Å². The largest absolute Gasteiger partial charge is 0.320 e. The molecule has 0 fully saturated rings. The second kappa shape index (κ2) is 6.29. The third-order valence-electron chi connectivity index (χ3n) is 2.38. The first-order valence-electron chi connectivity index (χ1n) is 4.82. The molecule has 0 saturated carbocycles. The lowest BCUT2D eigenvalue weighted by Crippen LogP contribution is -2.10. The number of nitrogens with zero attached hydrogens (tertiary/aromatic N) is 1. The fraction of sp³-hybridized carbons (Fsp3) is 0.0909. The zero-order valence-electron chi connectivity index (χ0n) is 9.08. The van der Waals surface area contributed by atoms with Gasteiger partial charge >= 0.3 is 0 Å². The van der Waals surface area contributed by atoms with Crippen LogP contribution in [0.3, 0.4) is 0 Å². The summed E-state index contributed by atoms with van der Waals surface area (Å²) in [6, 6.07) is 8.47. The highest BCUT2D eigenvalue weighted by atomic mass is 79.9. The van der Waals surface area contributed by atoms with Gasteiger partial charge in [-0.3, -0.25) is 10.1 Å². The number of nitro groups is 1. The Morgan fingerprint density at radius 3 is 2.67 bits per heavy atom. The quantitative estimate of drug-likeness (QED) is 0.675. The van der Waals surface area contributed by atoms with Crippen LogP contribution >= 0.6 is 39.7 Å². The van der Waals surface area contributed by atoms with Crippen molar-refractivity contribution in [1.29, 1.82) is 0 Å². The van der Waals surface area contributed by atoms with Gasteiger partial charge in [0.15, 0.2) is 0 Å². The van der Waals surface area contributed by atoms with Gasteiger partial charge in [-0.15, -0.1) is 23.7 Å². The lowest BCUT2D eigenvalue weighted by molar-refractivity contribution is -0.385. The predicted molar refractivity (Wildman–Crippen MR) is 78.4 cm³/mol. The van der Waals surface area contributed by atoms with Crippen LogP contribution in [0.5, 0.6) is 0 Å². The molecule has 7 heteroatoms. The van der Waals surface area contributed by atoms with Crippen molar-refractivity contribution >= 4 is 45.4 Å². The maximum Gasteiger partial charge on any atom is 0.283 e. The Morgan fingerprint density at radius 1 is 1.39 bits per heavy atom. The molecule has 0 aliphatic heterocycles. The summed E-state index contributed by atoms with van der Waals surface area (Å²) in [5.41, 5.74) is 6.83. The first-order chi connectivity index (χ1) is 8.09. The van der Waals surface area contributed by atoms with E-state index in [-0.39, 0.29) is 24.1 Å². The van der Waals surface area contributed by atoms with E-state index in [1.54, 1.807) is 12.1 Å². The molecule has 0 bridgehead atoms. The highest BCUT2D eigenvalue weighted by Crippen LogP contribution is 2.30. The summed E-state index contributed by atoms with van der Waals surface area (Å²) in [5, 5.41) is 12.8. The average molecular weight is 350 g/mol. The molecule has 0 unspecified atom stereocenters. The van der Waals surface area contributed by atoms with E-state index in [9.17, 15) is 10.1 Å². The lowest BCUT2D eigenvalue weighted by Gasteiger charge is -2.10. The zero-order chi connectivity index (χ0) is 12.4. The Morgan fingerprint density at radius 2 is 2.11 bits per heavy atom. The number of nitro benzene ring substituents is 1. The number of benzene rings is 1. The molecule has 1 heterocycles.